The number of hydrogen-bond acceptors (Lipinski definition) is 1. The summed E-state index contributed by atoms with van der Waals surface area (Å²) in [5.74, 6) is 1.47. The number of hydrogen-bond donors (Lipinski definition) is 0. The molecule has 21 heavy (non-hydrogen) atoms. The Morgan fingerprint density at radius 2 is 1.95 bits per heavy atom. The molecule has 0 heterocycles. The molecule has 4 heteroatoms. The number of benzene rings is 2. The summed E-state index contributed by atoms with van der Waals surface area (Å²) in [6, 6.07) is 13.7. The van der Waals surface area contributed by atoms with Gasteiger partial charge in [-0.05, 0) is 41.8 Å². The second-order valence-corrected chi connectivity index (χ2v) is 6.13. The van der Waals surface area contributed by atoms with Gasteiger partial charge in [0.2, 0.25) is 0 Å². The molecule has 0 aliphatic heterocycles. The molecule has 2 aromatic carbocycles. The van der Waals surface area contributed by atoms with Crippen LogP contribution in [0, 0.1) is 0 Å². The van der Waals surface area contributed by atoms with Gasteiger partial charge in [-0.1, -0.05) is 57.9 Å². The van der Waals surface area contributed by atoms with E-state index in [1.807, 2.05) is 54.6 Å². The van der Waals surface area contributed by atoms with Gasteiger partial charge in [-0.25, -0.2) is 0 Å². The largest absolute Gasteiger partial charge is 0.494 e. The molecule has 0 aromatic heterocycles. The summed E-state index contributed by atoms with van der Waals surface area (Å²) in [5.41, 5.74) is 2.16. The predicted octanol–water partition coefficient (Wildman–Crippen LogP) is 6.28. The lowest BCUT2D eigenvalue weighted by Crippen LogP contribution is -1.97. The fourth-order valence-corrected chi connectivity index (χ4v) is 2.70. The van der Waals surface area contributed by atoms with Crippen LogP contribution in [0.2, 0.25) is 5.02 Å². The third-order valence-electron chi connectivity index (χ3n) is 2.82. The van der Waals surface area contributed by atoms with Gasteiger partial charge >= 0.3 is 0 Å². The van der Waals surface area contributed by atoms with E-state index in [0.29, 0.717) is 17.5 Å². The lowest BCUT2D eigenvalue weighted by Gasteiger charge is -2.05. The third-order valence-corrected chi connectivity index (χ3v) is 4.01. The summed E-state index contributed by atoms with van der Waals surface area (Å²) >= 11 is 15.1. The van der Waals surface area contributed by atoms with Crippen LogP contribution in [-0.2, 0) is 0 Å². The molecule has 0 fully saturated rings. The first-order chi connectivity index (χ1) is 10.2. The van der Waals surface area contributed by atoms with E-state index in [-0.39, 0.29) is 0 Å². The molecule has 0 amide bonds. The molecule has 0 aliphatic rings. The predicted molar refractivity (Wildman–Crippen MR) is 95.4 cm³/mol. The zero-order valence-corrected chi connectivity index (χ0v) is 14.5. The highest BCUT2D eigenvalue weighted by atomic mass is 79.9. The SMILES string of the molecule is ClCCCOc1cccc(C=Cc2ccc(Cl)cc2Br)c1. The smallest absolute Gasteiger partial charge is 0.119 e. The van der Waals surface area contributed by atoms with E-state index in [4.69, 9.17) is 27.9 Å². The molecule has 0 unspecified atom stereocenters. The van der Waals surface area contributed by atoms with Crippen LogP contribution in [0.4, 0.5) is 0 Å². The summed E-state index contributed by atoms with van der Waals surface area (Å²) in [4.78, 5) is 0. The van der Waals surface area contributed by atoms with E-state index in [9.17, 15) is 0 Å². The Balaban J connectivity index is 2.08. The fraction of sp³-hybridized carbons (Fsp3) is 0.176. The Labute approximate surface area is 143 Å². The van der Waals surface area contributed by atoms with Gasteiger partial charge in [-0.2, -0.15) is 0 Å². The normalized spacial score (nSPS) is 11.0. The fourth-order valence-electron chi connectivity index (χ4n) is 1.78. The minimum Gasteiger partial charge on any atom is -0.494 e. The quantitative estimate of drug-likeness (QED) is 0.323. The molecule has 0 N–H and O–H groups in total. The summed E-state index contributed by atoms with van der Waals surface area (Å²) in [5, 5.41) is 0.716. The minimum atomic E-state index is 0.615. The zero-order chi connectivity index (χ0) is 15.1. The number of rotatable bonds is 6. The van der Waals surface area contributed by atoms with Crippen molar-refractivity contribution in [1.29, 1.82) is 0 Å². The standard InChI is InChI=1S/C17H15BrCl2O/c18-17-12-15(20)8-7-14(17)6-5-13-3-1-4-16(11-13)21-10-2-9-19/h1,3-8,11-12H,2,9-10H2. The minimum absolute atomic E-state index is 0.615. The van der Waals surface area contributed by atoms with Crippen molar-refractivity contribution in [2.24, 2.45) is 0 Å². The number of alkyl halides is 1. The van der Waals surface area contributed by atoms with Crippen molar-refractivity contribution in [3.63, 3.8) is 0 Å². The van der Waals surface area contributed by atoms with E-state index in [2.05, 4.69) is 15.9 Å². The highest BCUT2D eigenvalue weighted by Crippen LogP contribution is 2.24. The van der Waals surface area contributed by atoms with Gasteiger partial charge in [-0.3, -0.25) is 0 Å². The van der Waals surface area contributed by atoms with Crippen LogP contribution >= 0.6 is 39.1 Å². The van der Waals surface area contributed by atoms with E-state index < -0.39 is 0 Å². The van der Waals surface area contributed by atoms with Crippen molar-refractivity contribution < 1.29 is 4.74 Å². The van der Waals surface area contributed by atoms with Gasteiger partial charge in [-0.15, -0.1) is 11.6 Å². The summed E-state index contributed by atoms with van der Waals surface area (Å²) in [7, 11) is 0. The topological polar surface area (TPSA) is 9.23 Å². The molecule has 2 rings (SSSR count). The number of ether oxygens (including phenoxy) is 1. The van der Waals surface area contributed by atoms with Crippen LogP contribution in [0.3, 0.4) is 0 Å². The zero-order valence-electron chi connectivity index (χ0n) is 11.4. The molecule has 0 aliphatic carbocycles. The van der Waals surface area contributed by atoms with Gasteiger partial charge in [0, 0.05) is 15.4 Å². The molecular formula is C17H15BrCl2O. The lowest BCUT2D eigenvalue weighted by atomic mass is 10.1. The highest BCUT2D eigenvalue weighted by molar-refractivity contribution is 9.10. The number of halogens is 3. The first-order valence-corrected chi connectivity index (χ1v) is 8.31. The molecule has 0 saturated heterocycles. The lowest BCUT2D eigenvalue weighted by molar-refractivity contribution is 0.318. The molecule has 0 bridgehead atoms. The molecule has 0 atom stereocenters. The van der Waals surface area contributed by atoms with Crippen LogP contribution in [0.25, 0.3) is 12.2 Å². The monoisotopic (exact) mass is 384 g/mol. The molecule has 1 nitrogen and oxygen atoms in total. The third kappa shape index (κ3) is 5.39. The second-order valence-electron chi connectivity index (χ2n) is 4.46. The Morgan fingerprint density at radius 3 is 2.71 bits per heavy atom. The highest BCUT2D eigenvalue weighted by Gasteiger charge is 1.98. The van der Waals surface area contributed by atoms with Crippen LogP contribution < -0.4 is 4.74 Å². The maximum absolute atomic E-state index is 5.94. The van der Waals surface area contributed by atoms with Gasteiger partial charge in [0.15, 0.2) is 0 Å². The van der Waals surface area contributed by atoms with E-state index in [1.54, 1.807) is 0 Å². The summed E-state index contributed by atoms with van der Waals surface area (Å²) in [6.45, 7) is 0.638. The van der Waals surface area contributed by atoms with Crippen molar-refractivity contribution >= 4 is 51.3 Å². The van der Waals surface area contributed by atoms with Crippen LogP contribution in [-0.4, -0.2) is 12.5 Å². The van der Waals surface area contributed by atoms with Crippen LogP contribution in [0.1, 0.15) is 17.5 Å². The van der Waals surface area contributed by atoms with Crippen molar-refractivity contribution in [3.8, 4) is 5.75 Å². The Kier molecular flexibility index (Phi) is 6.62. The average molecular weight is 386 g/mol. The van der Waals surface area contributed by atoms with Gasteiger partial charge in [0.05, 0.1) is 6.61 Å². The average Bonchev–Trinajstić information content (AvgIpc) is 2.47. The molecule has 2 aromatic rings. The maximum Gasteiger partial charge on any atom is 0.119 e. The first kappa shape index (κ1) is 16.4. The second kappa shape index (κ2) is 8.47. The first-order valence-electron chi connectivity index (χ1n) is 6.61. The van der Waals surface area contributed by atoms with Gasteiger partial charge < -0.3 is 4.74 Å². The summed E-state index contributed by atoms with van der Waals surface area (Å²) in [6.07, 6.45) is 4.93. The Bertz CT molecular complexity index is 626. The van der Waals surface area contributed by atoms with Crippen LogP contribution in [0.15, 0.2) is 46.9 Å². The van der Waals surface area contributed by atoms with Crippen molar-refractivity contribution in [3.05, 3.63) is 63.1 Å². The van der Waals surface area contributed by atoms with Crippen LogP contribution in [0.5, 0.6) is 5.75 Å². The van der Waals surface area contributed by atoms with Crippen molar-refractivity contribution in [1.82, 2.24) is 0 Å². The van der Waals surface area contributed by atoms with E-state index in [1.165, 1.54) is 0 Å². The maximum atomic E-state index is 5.94. The molecule has 110 valence electrons. The van der Waals surface area contributed by atoms with E-state index >= 15 is 0 Å². The Hall–Kier alpha value is -0.960. The van der Waals surface area contributed by atoms with Crippen molar-refractivity contribution in [2.75, 3.05) is 12.5 Å². The molecule has 0 spiro atoms. The van der Waals surface area contributed by atoms with Gasteiger partial charge in [0.25, 0.3) is 0 Å². The Morgan fingerprint density at radius 1 is 1.10 bits per heavy atom. The molecule has 0 radical (unpaired) electrons. The van der Waals surface area contributed by atoms with E-state index in [0.717, 1.165) is 27.8 Å². The molecular weight excluding hydrogens is 371 g/mol. The molecule has 0 saturated carbocycles. The van der Waals surface area contributed by atoms with Crippen molar-refractivity contribution in [2.45, 2.75) is 6.42 Å². The van der Waals surface area contributed by atoms with Gasteiger partial charge in [0.1, 0.15) is 5.75 Å². The summed E-state index contributed by atoms with van der Waals surface area (Å²) < 4.78 is 6.61.